The Morgan fingerprint density at radius 2 is 1.96 bits per heavy atom. The predicted molar refractivity (Wildman–Crippen MR) is 108 cm³/mol. The monoisotopic (exact) mass is 403 g/mol. The van der Waals surface area contributed by atoms with Crippen LogP contribution in [0.4, 0.5) is 0 Å². The second-order valence-electron chi connectivity index (χ2n) is 7.52. The highest BCUT2D eigenvalue weighted by Gasteiger charge is 2.33. The maximum Gasteiger partial charge on any atom is 0.272 e. The van der Waals surface area contributed by atoms with Gasteiger partial charge in [-0.3, -0.25) is 4.79 Å². The normalized spacial score (nSPS) is 20.0. The van der Waals surface area contributed by atoms with E-state index in [2.05, 4.69) is 9.97 Å². The number of aryl methyl sites for hydroxylation is 3. The van der Waals surface area contributed by atoms with E-state index in [1.54, 1.807) is 24.1 Å². The van der Waals surface area contributed by atoms with Gasteiger partial charge in [0.05, 0.1) is 0 Å². The van der Waals surface area contributed by atoms with Crippen LogP contribution in [-0.4, -0.2) is 51.2 Å². The van der Waals surface area contributed by atoms with Crippen LogP contribution >= 0.6 is 11.6 Å². The van der Waals surface area contributed by atoms with Crippen molar-refractivity contribution < 1.29 is 14.6 Å². The van der Waals surface area contributed by atoms with Crippen LogP contribution in [0.25, 0.3) is 0 Å². The van der Waals surface area contributed by atoms with Gasteiger partial charge in [0.2, 0.25) is 0 Å². The number of carbonyl (C=O) groups is 1. The molecule has 0 saturated carbocycles. The maximum absolute atomic E-state index is 12.7. The molecule has 150 valence electrons. The van der Waals surface area contributed by atoms with Crippen LogP contribution in [0.2, 0.25) is 5.02 Å². The van der Waals surface area contributed by atoms with Crippen LogP contribution in [0.3, 0.4) is 0 Å². The molecule has 1 N–H and O–H groups in total. The number of ether oxygens (including phenoxy) is 1. The number of carbonyl (C=O) groups excluding carboxylic acids is 1. The van der Waals surface area contributed by atoms with Crippen LogP contribution < -0.4 is 4.74 Å². The molecule has 1 aliphatic rings. The highest BCUT2D eigenvalue weighted by molar-refractivity contribution is 6.32. The summed E-state index contributed by atoms with van der Waals surface area (Å²) in [4.78, 5) is 22.7. The zero-order valence-electron chi connectivity index (χ0n) is 16.5. The number of amides is 1. The minimum Gasteiger partial charge on any atom is -0.491 e. The third-order valence-corrected chi connectivity index (χ3v) is 5.71. The second-order valence-corrected chi connectivity index (χ2v) is 7.90. The molecule has 1 aliphatic heterocycles. The fraction of sp³-hybridized carbons (Fsp3) is 0.476. The Labute approximate surface area is 170 Å². The van der Waals surface area contributed by atoms with E-state index in [0.29, 0.717) is 49.6 Å². The number of likely N-dealkylation sites (tertiary alicyclic amines) is 1. The third-order valence-electron chi connectivity index (χ3n) is 5.12. The van der Waals surface area contributed by atoms with Gasteiger partial charge in [0.25, 0.3) is 5.91 Å². The zero-order valence-corrected chi connectivity index (χ0v) is 17.3. The molecule has 7 heteroatoms. The molecule has 6 nitrogen and oxygen atoms in total. The summed E-state index contributed by atoms with van der Waals surface area (Å²) in [5, 5.41) is 11.7. The Balaban J connectivity index is 1.63. The van der Waals surface area contributed by atoms with Gasteiger partial charge in [0.1, 0.15) is 29.5 Å². The molecule has 0 radical (unpaired) electrons. The SMILES string of the molecule is Cc1nccc(C(=O)N2CCCC(O)(COc3cc(C)c(Cl)c(C)c3)CC2)n1. The molecule has 1 amide bonds. The van der Waals surface area contributed by atoms with Crippen molar-refractivity contribution in [1.82, 2.24) is 14.9 Å². The van der Waals surface area contributed by atoms with Gasteiger partial charge in [-0.05, 0) is 69.4 Å². The molecule has 0 aliphatic carbocycles. The Morgan fingerprint density at radius 1 is 1.25 bits per heavy atom. The second kappa shape index (κ2) is 8.45. The highest BCUT2D eigenvalue weighted by atomic mass is 35.5. The molecule has 1 atom stereocenters. The summed E-state index contributed by atoms with van der Waals surface area (Å²) in [5.74, 6) is 1.14. The van der Waals surface area contributed by atoms with Crippen molar-refractivity contribution in [2.24, 2.45) is 0 Å². The summed E-state index contributed by atoms with van der Waals surface area (Å²) in [6, 6.07) is 5.38. The van der Waals surface area contributed by atoms with Gasteiger partial charge in [-0.1, -0.05) is 11.6 Å². The van der Waals surface area contributed by atoms with Gasteiger partial charge < -0.3 is 14.7 Å². The maximum atomic E-state index is 12.7. The fourth-order valence-corrected chi connectivity index (χ4v) is 3.58. The van der Waals surface area contributed by atoms with Gasteiger partial charge in [-0.25, -0.2) is 9.97 Å². The Bertz CT molecular complexity index is 851. The molecular formula is C21H26ClN3O3. The lowest BCUT2D eigenvalue weighted by Crippen LogP contribution is -2.38. The molecule has 28 heavy (non-hydrogen) atoms. The van der Waals surface area contributed by atoms with Crippen molar-refractivity contribution in [2.45, 2.75) is 45.6 Å². The van der Waals surface area contributed by atoms with Crippen molar-refractivity contribution >= 4 is 17.5 Å². The van der Waals surface area contributed by atoms with Crippen LogP contribution in [0, 0.1) is 20.8 Å². The van der Waals surface area contributed by atoms with E-state index < -0.39 is 5.60 Å². The first kappa shape index (κ1) is 20.6. The Morgan fingerprint density at radius 3 is 2.64 bits per heavy atom. The minimum atomic E-state index is -0.974. The van der Waals surface area contributed by atoms with Crippen LogP contribution in [0.5, 0.6) is 5.75 Å². The van der Waals surface area contributed by atoms with E-state index in [0.717, 1.165) is 16.1 Å². The Hall–Kier alpha value is -2.18. The standard InChI is InChI=1S/C21H26ClN3O3/c1-14-11-17(12-15(2)19(14)22)28-13-21(27)6-4-9-25(10-7-21)20(26)18-5-8-23-16(3)24-18/h5,8,11-12,27H,4,6-7,9-10,13H2,1-3H3. The molecule has 1 unspecified atom stereocenters. The lowest BCUT2D eigenvalue weighted by molar-refractivity contribution is -0.0163. The number of nitrogens with zero attached hydrogens (tertiary/aromatic N) is 3. The molecule has 3 rings (SSSR count). The summed E-state index contributed by atoms with van der Waals surface area (Å²) in [6.07, 6.45) is 3.32. The molecule has 1 aromatic carbocycles. The van der Waals surface area contributed by atoms with Gasteiger partial charge in [-0.2, -0.15) is 0 Å². The van der Waals surface area contributed by atoms with Crippen molar-refractivity contribution in [1.29, 1.82) is 0 Å². The van der Waals surface area contributed by atoms with E-state index in [1.807, 2.05) is 26.0 Å². The lowest BCUT2D eigenvalue weighted by Gasteiger charge is -2.27. The number of aromatic nitrogens is 2. The van der Waals surface area contributed by atoms with E-state index in [1.165, 1.54) is 0 Å². The number of hydrogen-bond donors (Lipinski definition) is 1. The summed E-state index contributed by atoms with van der Waals surface area (Å²) >= 11 is 6.20. The molecule has 1 saturated heterocycles. The highest BCUT2D eigenvalue weighted by Crippen LogP contribution is 2.28. The van der Waals surface area contributed by atoms with Crippen molar-refractivity contribution in [3.05, 3.63) is 52.1 Å². The minimum absolute atomic E-state index is 0.125. The van der Waals surface area contributed by atoms with Crippen LogP contribution in [-0.2, 0) is 0 Å². The number of hydrogen-bond acceptors (Lipinski definition) is 5. The first-order valence-electron chi connectivity index (χ1n) is 9.48. The summed E-state index contributed by atoms with van der Waals surface area (Å²) in [7, 11) is 0. The van der Waals surface area contributed by atoms with E-state index in [4.69, 9.17) is 16.3 Å². The number of aliphatic hydroxyl groups is 1. The van der Waals surface area contributed by atoms with E-state index in [9.17, 15) is 9.90 Å². The molecule has 1 fully saturated rings. The molecule has 2 heterocycles. The van der Waals surface area contributed by atoms with Gasteiger partial charge in [0.15, 0.2) is 0 Å². The molecular weight excluding hydrogens is 378 g/mol. The number of rotatable bonds is 4. The number of benzene rings is 1. The largest absolute Gasteiger partial charge is 0.491 e. The van der Waals surface area contributed by atoms with Crippen molar-refractivity contribution in [2.75, 3.05) is 19.7 Å². The van der Waals surface area contributed by atoms with E-state index in [-0.39, 0.29) is 12.5 Å². The zero-order chi connectivity index (χ0) is 20.3. The van der Waals surface area contributed by atoms with E-state index >= 15 is 0 Å². The molecule has 1 aromatic heterocycles. The average molecular weight is 404 g/mol. The first-order chi connectivity index (χ1) is 13.3. The Kier molecular flexibility index (Phi) is 6.20. The first-order valence-corrected chi connectivity index (χ1v) is 9.86. The topological polar surface area (TPSA) is 75.6 Å². The van der Waals surface area contributed by atoms with Crippen LogP contribution in [0.15, 0.2) is 24.4 Å². The molecule has 0 bridgehead atoms. The summed E-state index contributed by atoms with van der Waals surface area (Å²) in [5.41, 5.74) is 1.31. The summed E-state index contributed by atoms with van der Waals surface area (Å²) in [6.45, 7) is 6.85. The van der Waals surface area contributed by atoms with Gasteiger partial charge >= 0.3 is 0 Å². The summed E-state index contributed by atoms with van der Waals surface area (Å²) < 4.78 is 5.88. The third kappa shape index (κ3) is 4.80. The fourth-order valence-electron chi connectivity index (χ4n) is 3.47. The van der Waals surface area contributed by atoms with Gasteiger partial charge in [0, 0.05) is 24.3 Å². The number of halogens is 1. The molecule has 2 aromatic rings. The quantitative estimate of drug-likeness (QED) is 0.845. The van der Waals surface area contributed by atoms with Crippen LogP contribution in [0.1, 0.15) is 46.7 Å². The van der Waals surface area contributed by atoms with Gasteiger partial charge in [-0.15, -0.1) is 0 Å². The lowest BCUT2D eigenvalue weighted by atomic mass is 9.96. The van der Waals surface area contributed by atoms with Crippen molar-refractivity contribution in [3.63, 3.8) is 0 Å². The predicted octanol–water partition coefficient (Wildman–Crippen LogP) is 3.49. The molecule has 0 spiro atoms. The smallest absolute Gasteiger partial charge is 0.272 e. The average Bonchev–Trinajstić information content (AvgIpc) is 2.86. The van der Waals surface area contributed by atoms with Crippen molar-refractivity contribution in [3.8, 4) is 5.75 Å².